The van der Waals surface area contributed by atoms with Gasteiger partial charge in [-0.05, 0) is 55.9 Å². The summed E-state index contributed by atoms with van der Waals surface area (Å²) in [6, 6.07) is 11.1. The topological polar surface area (TPSA) is 44.1 Å². The summed E-state index contributed by atoms with van der Waals surface area (Å²) in [5.41, 5.74) is 7.79. The summed E-state index contributed by atoms with van der Waals surface area (Å²) < 4.78 is 9.16. The Bertz CT molecular complexity index is 1210. The molecule has 1 atom stereocenters. The van der Waals surface area contributed by atoms with E-state index in [4.69, 9.17) is 4.74 Å². The van der Waals surface area contributed by atoms with Gasteiger partial charge in [-0.2, -0.15) is 0 Å². The zero-order valence-corrected chi connectivity index (χ0v) is 23.2. The highest BCUT2D eigenvalue weighted by Crippen LogP contribution is 2.34. The van der Waals surface area contributed by atoms with Crippen LogP contribution in [-0.2, 0) is 35.5 Å². The number of aromatic nitrogens is 2. The molecule has 36 heavy (non-hydrogen) atoms. The monoisotopic (exact) mass is 490 g/mol. The van der Waals surface area contributed by atoms with Crippen molar-refractivity contribution in [3.8, 4) is 0 Å². The number of unbranched alkanes of at least 4 members (excludes halogenated alkanes) is 1. The number of carbonyl (C=O) groups excluding carboxylic acids is 1. The summed E-state index contributed by atoms with van der Waals surface area (Å²) in [5, 5.41) is 1.35. The Kier molecular flexibility index (Phi) is 7.89. The number of fused-ring (bicyclic) bond motifs is 3. The Labute approximate surface area is 217 Å². The van der Waals surface area contributed by atoms with E-state index in [2.05, 4.69) is 74.6 Å². The predicted octanol–water partition coefficient (Wildman–Crippen LogP) is 6.51. The van der Waals surface area contributed by atoms with Crippen molar-refractivity contribution in [1.82, 2.24) is 9.55 Å². The van der Waals surface area contributed by atoms with Crippen LogP contribution >= 0.6 is 0 Å². The van der Waals surface area contributed by atoms with E-state index in [-0.39, 0.29) is 11.4 Å². The third kappa shape index (κ3) is 6.18. The van der Waals surface area contributed by atoms with Crippen LogP contribution in [0.3, 0.4) is 0 Å². The van der Waals surface area contributed by atoms with Gasteiger partial charge < -0.3 is 9.30 Å². The van der Waals surface area contributed by atoms with Crippen LogP contribution in [0.2, 0.25) is 0 Å². The van der Waals surface area contributed by atoms with Crippen LogP contribution in [0.25, 0.3) is 10.9 Å². The van der Waals surface area contributed by atoms with E-state index in [9.17, 15) is 4.79 Å². The molecule has 0 spiro atoms. The average molecular weight is 491 g/mol. The summed E-state index contributed by atoms with van der Waals surface area (Å²) in [6.07, 6.45) is 7.82. The Balaban J connectivity index is 1.50. The number of esters is 1. The number of hydrogen-bond acceptors (Lipinski definition) is 3. The molecule has 1 aliphatic heterocycles. The zero-order valence-electron chi connectivity index (χ0n) is 23.2. The highest BCUT2D eigenvalue weighted by molar-refractivity contribution is 5.86. The molecule has 0 saturated carbocycles. The number of carbonyl (C=O) groups is 1. The van der Waals surface area contributed by atoms with Crippen molar-refractivity contribution < 1.29 is 14.0 Å². The second-order valence-electron chi connectivity index (χ2n) is 12.0. The predicted molar refractivity (Wildman–Crippen MR) is 147 cm³/mol. The molecule has 0 bridgehead atoms. The fourth-order valence-electron chi connectivity index (χ4n) is 5.56. The van der Waals surface area contributed by atoms with Gasteiger partial charge >= 0.3 is 5.97 Å². The molecule has 1 aromatic carbocycles. The molecule has 4 rings (SSSR count). The molecule has 1 unspecified atom stereocenters. The number of nitrogens with zero attached hydrogens (tertiary/aromatic N) is 3. The van der Waals surface area contributed by atoms with Crippen molar-refractivity contribution in [2.75, 3.05) is 20.3 Å². The van der Waals surface area contributed by atoms with Crippen molar-refractivity contribution in [3.63, 3.8) is 0 Å². The maximum absolute atomic E-state index is 12.7. The van der Waals surface area contributed by atoms with Gasteiger partial charge in [0, 0.05) is 47.0 Å². The van der Waals surface area contributed by atoms with Gasteiger partial charge in [0.25, 0.3) is 0 Å². The van der Waals surface area contributed by atoms with Crippen molar-refractivity contribution >= 4 is 16.9 Å². The van der Waals surface area contributed by atoms with Crippen LogP contribution in [0.1, 0.15) is 74.5 Å². The number of quaternary nitrogens is 1. The maximum Gasteiger partial charge on any atom is 0.310 e. The Morgan fingerprint density at radius 1 is 1.19 bits per heavy atom. The normalized spacial score (nSPS) is 17.8. The zero-order chi connectivity index (χ0) is 25.9. The number of aryl methyl sites for hydroxylation is 4. The Morgan fingerprint density at radius 2 is 2.00 bits per heavy atom. The first-order valence-electron chi connectivity index (χ1n) is 13.6. The van der Waals surface area contributed by atoms with Crippen molar-refractivity contribution in [3.05, 3.63) is 64.6 Å². The Hall–Kier alpha value is -2.66. The minimum Gasteiger partial charge on any atom is -0.415 e. The number of rotatable bonds is 10. The number of ether oxygens (including phenoxy) is 1. The highest BCUT2D eigenvalue weighted by atomic mass is 16.5. The molecule has 5 heteroatoms. The Morgan fingerprint density at radius 3 is 2.72 bits per heavy atom. The van der Waals surface area contributed by atoms with Crippen molar-refractivity contribution in [2.45, 2.75) is 86.2 Å². The maximum atomic E-state index is 12.7. The van der Waals surface area contributed by atoms with Crippen LogP contribution in [0.5, 0.6) is 0 Å². The van der Waals surface area contributed by atoms with E-state index in [1.807, 2.05) is 13.1 Å². The lowest BCUT2D eigenvalue weighted by Gasteiger charge is -2.37. The van der Waals surface area contributed by atoms with E-state index in [1.165, 1.54) is 33.3 Å². The molecule has 5 nitrogen and oxygen atoms in total. The van der Waals surface area contributed by atoms with Crippen LogP contribution in [0.4, 0.5) is 0 Å². The fraction of sp³-hybridized carbons (Fsp3) is 0.548. The van der Waals surface area contributed by atoms with Gasteiger partial charge in [-0.25, -0.2) is 0 Å². The minimum atomic E-state index is -0.0637. The molecular formula is C31H44N3O2+. The molecule has 0 N–H and O–H groups in total. The van der Waals surface area contributed by atoms with Gasteiger partial charge in [0.1, 0.15) is 6.54 Å². The standard InChI is InChI=1S/C31H44N3O2/c1-7-8-15-31(4,5)19-30(35)36-22-34(6)17-14-29-27(21-34)26-18-23(2)9-12-28(26)33(29)16-13-25-11-10-24(3)32-20-25/h9-12,18,20H,7-8,13-17,19,21-22H2,1-6H3/q+1. The number of pyridine rings is 1. The molecular weight excluding hydrogens is 446 g/mol. The quantitative estimate of drug-likeness (QED) is 0.240. The van der Waals surface area contributed by atoms with E-state index >= 15 is 0 Å². The number of likely N-dealkylation sites (N-methyl/N-ethyl adjacent to an activating group) is 1. The van der Waals surface area contributed by atoms with Crippen LogP contribution in [-0.4, -0.2) is 40.3 Å². The largest absolute Gasteiger partial charge is 0.415 e. The third-order valence-corrected chi connectivity index (χ3v) is 7.83. The second kappa shape index (κ2) is 10.8. The first-order valence-corrected chi connectivity index (χ1v) is 13.6. The minimum absolute atomic E-state index is 0.00134. The third-order valence-electron chi connectivity index (χ3n) is 7.83. The van der Waals surface area contributed by atoms with E-state index in [0.29, 0.717) is 13.2 Å². The molecule has 2 aromatic heterocycles. The summed E-state index contributed by atoms with van der Waals surface area (Å²) in [4.78, 5) is 17.2. The molecule has 0 amide bonds. The SMILES string of the molecule is CCCCC(C)(C)CC(=O)OC[N+]1(C)CCc2c(c3cc(C)ccc3n2CCc2ccc(C)nc2)C1. The van der Waals surface area contributed by atoms with Gasteiger partial charge in [0.2, 0.25) is 6.73 Å². The fourth-order valence-corrected chi connectivity index (χ4v) is 5.56. The molecule has 1 aliphatic rings. The highest BCUT2D eigenvalue weighted by Gasteiger charge is 2.34. The second-order valence-corrected chi connectivity index (χ2v) is 12.0. The lowest BCUT2D eigenvalue weighted by molar-refractivity contribution is -0.940. The lowest BCUT2D eigenvalue weighted by Crippen LogP contribution is -2.49. The van der Waals surface area contributed by atoms with E-state index in [0.717, 1.165) is 61.9 Å². The molecule has 194 valence electrons. The van der Waals surface area contributed by atoms with Crippen LogP contribution < -0.4 is 0 Å². The van der Waals surface area contributed by atoms with Crippen molar-refractivity contribution in [1.29, 1.82) is 0 Å². The van der Waals surface area contributed by atoms with E-state index < -0.39 is 0 Å². The average Bonchev–Trinajstić information content (AvgIpc) is 3.12. The van der Waals surface area contributed by atoms with E-state index in [1.54, 1.807) is 0 Å². The van der Waals surface area contributed by atoms with Gasteiger partial charge in [-0.15, -0.1) is 0 Å². The first kappa shape index (κ1) is 26.4. The van der Waals surface area contributed by atoms with Gasteiger partial charge in [0.05, 0.1) is 20.0 Å². The molecule has 0 saturated heterocycles. The molecule has 0 fully saturated rings. The van der Waals surface area contributed by atoms with Gasteiger partial charge in [-0.1, -0.05) is 51.3 Å². The number of hydrogen-bond donors (Lipinski definition) is 0. The molecule has 0 radical (unpaired) electrons. The summed E-state index contributed by atoms with van der Waals surface area (Å²) in [5.74, 6) is -0.0637. The van der Waals surface area contributed by atoms with Gasteiger partial charge in [0.15, 0.2) is 0 Å². The van der Waals surface area contributed by atoms with Crippen LogP contribution in [0, 0.1) is 19.3 Å². The molecule has 0 aliphatic carbocycles. The molecule has 3 heterocycles. The number of benzene rings is 1. The lowest BCUT2D eigenvalue weighted by atomic mass is 9.84. The summed E-state index contributed by atoms with van der Waals surface area (Å²) in [6.45, 7) is 14.0. The van der Waals surface area contributed by atoms with Crippen molar-refractivity contribution in [2.24, 2.45) is 5.41 Å². The smallest absolute Gasteiger partial charge is 0.310 e. The van der Waals surface area contributed by atoms with Gasteiger partial charge in [-0.3, -0.25) is 14.3 Å². The summed E-state index contributed by atoms with van der Waals surface area (Å²) >= 11 is 0. The van der Waals surface area contributed by atoms with Crippen LogP contribution in [0.15, 0.2) is 36.5 Å². The first-order chi connectivity index (χ1) is 17.1. The molecule has 3 aromatic rings. The summed E-state index contributed by atoms with van der Waals surface area (Å²) in [7, 11) is 2.23.